The smallest absolute Gasteiger partial charge is 0.244 e. The van der Waals surface area contributed by atoms with Crippen molar-refractivity contribution in [3.05, 3.63) is 18.3 Å². The summed E-state index contributed by atoms with van der Waals surface area (Å²) >= 11 is 1.41. The minimum Gasteiger partial charge on any atom is -0.396 e. The summed E-state index contributed by atoms with van der Waals surface area (Å²) in [4.78, 5) is 4.40. The number of pyridine rings is 1. The van der Waals surface area contributed by atoms with Crippen molar-refractivity contribution >= 4 is 21.8 Å². The maximum absolute atomic E-state index is 12.6. The Morgan fingerprint density at radius 3 is 2.62 bits per heavy atom. The topological polar surface area (TPSA) is 70.5 Å². The first kappa shape index (κ1) is 16.7. The van der Waals surface area contributed by atoms with Crippen molar-refractivity contribution in [3.8, 4) is 0 Å². The zero-order valence-corrected chi connectivity index (χ0v) is 13.9. The van der Waals surface area contributed by atoms with Crippen LogP contribution in [0.1, 0.15) is 32.1 Å². The van der Waals surface area contributed by atoms with E-state index in [4.69, 9.17) is 5.11 Å². The molecule has 5 nitrogen and oxygen atoms in total. The quantitative estimate of drug-likeness (QED) is 0.809. The zero-order chi connectivity index (χ0) is 15.3. The molecule has 0 amide bonds. The molecule has 1 aliphatic rings. The third-order valence-corrected chi connectivity index (χ3v) is 6.63. The highest BCUT2D eigenvalue weighted by atomic mass is 32.2. The molecule has 1 aromatic heterocycles. The molecule has 1 fully saturated rings. The number of rotatable bonds is 6. The molecular formula is C14H22N2O3S2. The van der Waals surface area contributed by atoms with Gasteiger partial charge < -0.3 is 5.11 Å². The Bertz CT molecular complexity index is 540. The summed E-state index contributed by atoms with van der Waals surface area (Å²) in [5.74, 6) is 0.557. The standard InChI is InChI=1S/C14H22N2O3S2/c1-16(12-5-3-2-4-6-12)21(18,19)13-7-8-14(15-11-13)20-10-9-17/h7-8,11-12,17H,2-6,9-10H2,1H3. The summed E-state index contributed by atoms with van der Waals surface area (Å²) in [6, 6.07) is 3.40. The van der Waals surface area contributed by atoms with Crippen molar-refractivity contribution in [2.45, 2.75) is 48.1 Å². The third kappa shape index (κ3) is 4.18. The van der Waals surface area contributed by atoms with Crippen LogP contribution in [0.25, 0.3) is 0 Å². The van der Waals surface area contributed by atoms with Crippen LogP contribution in [0.15, 0.2) is 28.3 Å². The van der Waals surface area contributed by atoms with Gasteiger partial charge in [-0.1, -0.05) is 19.3 Å². The summed E-state index contributed by atoms with van der Waals surface area (Å²) in [5, 5.41) is 9.50. The molecule has 0 radical (unpaired) electrons. The monoisotopic (exact) mass is 330 g/mol. The minimum atomic E-state index is -3.46. The molecule has 0 spiro atoms. The van der Waals surface area contributed by atoms with Gasteiger partial charge in [-0.15, -0.1) is 11.8 Å². The fourth-order valence-corrected chi connectivity index (χ4v) is 4.52. The summed E-state index contributed by atoms with van der Waals surface area (Å²) in [6.07, 6.45) is 6.68. The van der Waals surface area contributed by atoms with Crippen LogP contribution in [-0.2, 0) is 10.0 Å². The van der Waals surface area contributed by atoms with Crippen LogP contribution >= 0.6 is 11.8 Å². The molecule has 118 valence electrons. The van der Waals surface area contributed by atoms with Gasteiger partial charge in [-0.2, -0.15) is 4.31 Å². The van der Waals surface area contributed by atoms with E-state index in [2.05, 4.69) is 4.98 Å². The van der Waals surface area contributed by atoms with Gasteiger partial charge in [-0.25, -0.2) is 13.4 Å². The van der Waals surface area contributed by atoms with Gasteiger partial charge in [-0.05, 0) is 25.0 Å². The third-order valence-electron chi connectivity index (χ3n) is 3.82. The molecule has 0 aliphatic heterocycles. The number of aliphatic hydroxyl groups excluding tert-OH is 1. The van der Waals surface area contributed by atoms with Crippen LogP contribution in [0.5, 0.6) is 0 Å². The molecule has 1 aliphatic carbocycles. The molecule has 0 unspecified atom stereocenters. The normalized spacial score (nSPS) is 17.3. The molecule has 21 heavy (non-hydrogen) atoms. The van der Waals surface area contributed by atoms with E-state index < -0.39 is 10.0 Å². The molecule has 1 heterocycles. The fraction of sp³-hybridized carbons (Fsp3) is 0.643. The lowest BCUT2D eigenvalue weighted by atomic mass is 9.96. The Morgan fingerprint density at radius 1 is 1.33 bits per heavy atom. The maximum atomic E-state index is 12.6. The number of sulfonamides is 1. The second-order valence-electron chi connectivity index (χ2n) is 5.22. The van der Waals surface area contributed by atoms with Gasteiger partial charge in [-0.3, -0.25) is 0 Å². The van der Waals surface area contributed by atoms with Crippen molar-refractivity contribution in [2.75, 3.05) is 19.4 Å². The fourth-order valence-electron chi connectivity index (χ4n) is 2.56. The Balaban J connectivity index is 2.10. The SMILES string of the molecule is CN(C1CCCCC1)S(=O)(=O)c1ccc(SCCO)nc1. The van der Waals surface area contributed by atoms with Crippen LogP contribution in [0, 0.1) is 0 Å². The lowest BCUT2D eigenvalue weighted by Gasteiger charge is -2.30. The molecule has 1 saturated carbocycles. The van der Waals surface area contributed by atoms with Gasteiger partial charge in [0.25, 0.3) is 0 Å². The van der Waals surface area contributed by atoms with Crippen LogP contribution in [0.2, 0.25) is 0 Å². The highest BCUT2D eigenvalue weighted by Gasteiger charge is 2.29. The highest BCUT2D eigenvalue weighted by molar-refractivity contribution is 7.99. The molecule has 7 heteroatoms. The van der Waals surface area contributed by atoms with Crippen molar-refractivity contribution in [3.63, 3.8) is 0 Å². The largest absolute Gasteiger partial charge is 0.396 e. The predicted octanol–water partition coefficient (Wildman–Crippen LogP) is 2.12. The average molecular weight is 330 g/mol. The molecular weight excluding hydrogens is 308 g/mol. The molecule has 0 aromatic carbocycles. The zero-order valence-electron chi connectivity index (χ0n) is 12.2. The van der Waals surface area contributed by atoms with Gasteiger partial charge in [0.05, 0.1) is 11.6 Å². The maximum Gasteiger partial charge on any atom is 0.244 e. The lowest BCUT2D eigenvalue weighted by molar-refractivity contribution is 0.285. The predicted molar refractivity (Wildman–Crippen MR) is 83.9 cm³/mol. The van der Waals surface area contributed by atoms with Crippen molar-refractivity contribution in [2.24, 2.45) is 0 Å². The van der Waals surface area contributed by atoms with E-state index in [1.807, 2.05) is 0 Å². The Hall–Kier alpha value is -0.630. The van der Waals surface area contributed by atoms with E-state index >= 15 is 0 Å². The lowest BCUT2D eigenvalue weighted by Crippen LogP contribution is -2.38. The number of aromatic nitrogens is 1. The van der Waals surface area contributed by atoms with E-state index in [0.717, 1.165) is 30.7 Å². The first-order chi connectivity index (χ1) is 10.1. The molecule has 0 atom stereocenters. The molecule has 1 N–H and O–H groups in total. The number of aliphatic hydroxyl groups is 1. The number of thioether (sulfide) groups is 1. The Morgan fingerprint density at radius 2 is 2.05 bits per heavy atom. The summed E-state index contributed by atoms with van der Waals surface area (Å²) in [6.45, 7) is 0.0802. The van der Waals surface area contributed by atoms with Crippen LogP contribution < -0.4 is 0 Å². The molecule has 1 aromatic rings. The Kier molecular flexibility index (Phi) is 6.04. The summed E-state index contributed by atoms with van der Waals surface area (Å²) < 4.78 is 26.7. The van der Waals surface area contributed by atoms with E-state index in [1.165, 1.54) is 28.7 Å². The Labute approximate surface area is 130 Å². The first-order valence-electron chi connectivity index (χ1n) is 7.23. The highest BCUT2D eigenvalue weighted by Crippen LogP contribution is 2.26. The molecule has 0 saturated heterocycles. The first-order valence-corrected chi connectivity index (χ1v) is 9.66. The van der Waals surface area contributed by atoms with Crippen LogP contribution in [0.4, 0.5) is 0 Å². The van der Waals surface area contributed by atoms with Crippen molar-refractivity contribution in [1.82, 2.24) is 9.29 Å². The van der Waals surface area contributed by atoms with E-state index in [9.17, 15) is 8.42 Å². The van der Waals surface area contributed by atoms with E-state index in [0.29, 0.717) is 5.75 Å². The molecule has 0 bridgehead atoms. The van der Waals surface area contributed by atoms with Gasteiger partial charge >= 0.3 is 0 Å². The molecule has 2 rings (SSSR count). The van der Waals surface area contributed by atoms with Crippen LogP contribution in [0.3, 0.4) is 0 Å². The number of nitrogens with zero attached hydrogens (tertiary/aromatic N) is 2. The number of hydrogen-bond acceptors (Lipinski definition) is 5. The number of hydrogen-bond donors (Lipinski definition) is 1. The van der Waals surface area contributed by atoms with E-state index in [1.54, 1.807) is 19.2 Å². The van der Waals surface area contributed by atoms with Crippen molar-refractivity contribution in [1.29, 1.82) is 0 Å². The van der Waals surface area contributed by atoms with Gasteiger partial charge in [0.1, 0.15) is 4.90 Å². The van der Waals surface area contributed by atoms with Gasteiger partial charge in [0, 0.05) is 25.0 Å². The average Bonchev–Trinajstić information content (AvgIpc) is 2.53. The van der Waals surface area contributed by atoms with Crippen molar-refractivity contribution < 1.29 is 13.5 Å². The van der Waals surface area contributed by atoms with E-state index in [-0.39, 0.29) is 17.5 Å². The minimum absolute atomic E-state index is 0.0802. The van der Waals surface area contributed by atoms with Gasteiger partial charge in [0.15, 0.2) is 0 Å². The second-order valence-corrected chi connectivity index (χ2v) is 8.33. The summed E-state index contributed by atoms with van der Waals surface area (Å²) in [7, 11) is -1.80. The second kappa shape index (κ2) is 7.58. The van der Waals surface area contributed by atoms with Gasteiger partial charge in [0.2, 0.25) is 10.0 Å². The van der Waals surface area contributed by atoms with Crippen LogP contribution in [-0.4, -0.2) is 48.3 Å². The summed E-state index contributed by atoms with van der Waals surface area (Å²) in [5.41, 5.74) is 0.